The number of ether oxygens (including phenoxy) is 2. The number of hydrogen-bond acceptors (Lipinski definition) is 4. The molecule has 4 heteroatoms. The van der Waals surface area contributed by atoms with Gasteiger partial charge in [0.25, 0.3) is 0 Å². The van der Waals surface area contributed by atoms with Crippen LogP contribution in [0, 0.1) is 0 Å². The summed E-state index contributed by atoms with van der Waals surface area (Å²) >= 11 is 0. The minimum atomic E-state index is 0.659. The summed E-state index contributed by atoms with van der Waals surface area (Å²) in [6.07, 6.45) is 3.70. The van der Waals surface area contributed by atoms with Crippen LogP contribution in [0.15, 0.2) is 18.2 Å². The van der Waals surface area contributed by atoms with E-state index in [0.29, 0.717) is 19.3 Å². The van der Waals surface area contributed by atoms with Gasteiger partial charge in [-0.2, -0.15) is 0 Å². The Morgan fingerprint density at radius 3 is 2.95 bits per heavy atom. The molecule has 0 bridgehead atoms. The predicted molar refractivity (Wildman–Crippen MR) is 84.3 cm³/mol. The standard InChI is InChI=1S/C17H26N2O2/c1-2-18-15-4-3-8-19(13-15)9-7-14-5-6-16-17(12-14)21-11-10-20-16/h5-6,12,15,18H,2-4,7-11,13H2,1H3. The molecule has 2 heterocycles. The summed E-state index contributed by atoms with van der Waals surface area (Å²) in [6, 6.07) is 7.02. The van der Waals surface area contributed by atoms with Gasteiger partial charge >= 0.3 is 0 Å². The molecule has 1 aromatic carbocycles. The van der Waals surface area contributed by atoms with E-state index in [1.165, 1.54) is 31.5 Å². The highest BCUT2D eigenvalue weighted by atomic mass is 16.6. The van der Waals surface area contributed by atoms with Crippen LogP contribution in [0.4, 0.5) is 0 Å². The van der Waals surface area contributed by atoms with Gasteiger partial charge in [-0.15, -0.1) is 0 Å². The maximum atomic E-state index is 5.66. The molecule has 1 N–H and O–H groups in total. The third-order valence-electron chi connectivity index (χ3n) is 4.32. The van der Waals surface area contributed by atoms with E-state index in [9.17, 15) is 0 Å². The van der Waals surface area contributed by atoms with E-state index in [-0.39, 0.29) is 0 Å². The third kappa shape index (κ3) is 3.89. The summed E-state index contributed by atoms with van der Waals surface area (Å²) in [5.41, 5.74) is 1.34. The van der Waals surface area contributed by atoms with Crippen molar-refractivity contribution >= 4 is 0 Å². The molecule has 0 aromatic heterocycles. The van der Waals surface area contributed by atoms with Crippen LogP contribution in [-0.2, 0) is 6.42 Å². The van der Waals surface area contributed by atoms with E-state index in [2.05, 4.69) is 29.3 Å². The molecular weight excluding hydrogens is 264 g/mol. The number of hydrogen-bond donors (Lipinski definition) is 1. The molecule has 4 nitrogen and oxygen atoms in total. The Hall–Kier alpha value is -1.26. The van der Waals surface area contributed by atoms with Crippen molar-refractivity contribution in [2.24, 2.45) is 0 Å². The monoisotopic (exact) mass is 290 g/mol. The fraction of sp³-hybridized carbons (Fsp3) is 0.647. The van der Waals surface area contributed by atoms with E-state index in [1.54, 1.807) is 0 Å². The second-order valence-corrected chi connectivity index (χ2v) is 5.93. The summed E-state index contributed by atoms with van der Waals surface area (Å²) < 4.78 is 11.2. The van der Waals surface area contributed by atoms with Crippen LogP contribution in [0.2, 0.25) is 0 Å². The van der Waals surface area contributed by atoms with Gasteiger partial charge < -0.3 is 19.7 Å². The number of nitrogens with zero attached hydrogens (tertiary/aromatic N) is 1. The lowest BCUT2D eigenvalue weighted by atomic mass is 10.0. The predicted octanol–water partition coefficient (Wildman–Crippen LogP) is 2.07. The van der Waals surface area contributed by atoms with Gasteiger partial charge in [-0.1, -0.05) is 13.0 Å². The largest absolute Gasteiger partial charge is 0.486 e. The first kappa shape index (κ1) is 14.7. The lowest BCUT2D eigenvalue weighted by Crippen LogP contribution is -2.46. The SMILES string of the molecule is CCNC1CCCN(CCc2ccc3c(c2)OCCO3)C1. The molecule has 21 heavy (non-hydrogen) atoms. The molecule has 3 rings (SSSR count). The first-order valence-corrected chi connectivity index (χ1v) is 8.19. The van der Waals surface area contributed by atoms with Crippen LogP contribution < -0.4 is 14.8 Å². The van der Waals surface area contributed by atoms with Gasteiger partial charge in [0.1, 0.15) is 13.2 Å². The van der Waals surface area contributed by atoms with E-state index < -0.39 is 0 Å². The maximum Gasteiger partial charge on any atom is 0.161 e. The summed E-state index contributed by atoms with van der Waals surface area (Å²) in [5.74, 6) is 1.79. The van der Waals surface area contributed by atoms with Crippen molar-refractivity contribution in [3.63, 3.8) is 0 Å². The van der Waals surface area contributed by atoms with E-state index in [1.807, 2.05) is 6.07 Å². The first-order chi connectivity index (χ1) is 10.3. The van der Waals surface area contributed by atoms with Crippen LogP contribution in [0.5, 0.6) is 11.5 Å². The molecule has 116 valence electrons. The Bertz CT molecular complexity index is 462. The van der Waals surface area contributed by atoms with Gasteiger partial charge in [-0.05, 0) is 50.0 Å². The smallest absolute Gasteiger partial charge is 0.161 e. The van der Waals surface area contributed by atoms with Gasteiger partial charge in [0.05, 0.1) is 0 Å². The molecule has 1 unspecified atom stereocenters. The van der Waals surface area contributed by atoms with Gasteiger partial charge in [0, 0.05) is 19.1 Å². The fourth-order valence-corrected chi connectivity index (χ4v) is 3.24. The number of likely N-dealkylation sites (tertiary alicyclic amines) is 1. The molecule has 0 radical (unpaired) electrons. The third-order valence-corrected chi connectivity index (χ3v) is 4.32. The number of nitrogens with one attached hydrogen (secondary N) is 1. The minimum absolute atomic E-state index is 0.659. The van der Waals surface area contributed by atoms with Gasteiger partial charge in [-0.25, -0.2) is 0 Å². The normalized spacial score (nSPS) is 22.2. The molecule has 0 aliphatic carbocycles. The van der Waals surface area contributed by atoms with Crippen LogP contribution >= 0.6 is 0 Å². The zero-order chi connectivity index (χ0) is 14.5. The average Bonchev–Trinajstić information content (AvgIpc) is 2.53. The lowest BCUT2D eigenvalue weighted by molar-refractivity contribution is 0.171. The lowest BCUT2D eigenvalue weighted by Gasteiger charge is -2.33. The van der Waals surface area contributed by atoms with Gasteiger partial charge in [0.15, 0.2) is 11.5 Å². The van der Waals surface area contributed by atoms with E-state index in [4.69, 9.17) is 9.47 Å². The topological polar surface area (TPSA) is 33.7 Å². The van der Waals surface area contributed by atoms with Crippen LogP contribution in [0.3, 0.4) is 0 Å². The van der Waals surface area contributed by atoms with E-state index in [0.717, 1.165) is 31.0 Å². The molecule has 0 spiro atoms. The fourth-order valence-electron chi connectivity index (χ4n) is 3.24. The molecule has 0 saturated carbocycles. The van der Waals surface area contributed by atoms with Crippen molar-refractivity contribution < 1.29 is 9.47 Å². The van der Waals surface area contributed by atoms with Crippen LogP contribution in [0.1, 0.15) is 25.3 Å². The average molecular weight is 290 g/mol. The number of piperidine rings is 1. The van der Waals surface area contributed by atoms with Crippen molar-refractivity contribution in [3.8, 4) is 11.5 Å². The summed E-state index contributed by atoms with van der Waals surface area (Å²) in [4.78, 5) is 2.58. The Kier molecular flexibility index (Phi) is 4.99. The number of benzene rings is 1. The van der Waals surface area contributed by atoms with Crippen LogP contribution in [0.25, 0.3) is 0 Å². The Morgan fingerprint density at radius 1 is 1.24 bits per heavy atom. The molecule has 2 aliphatic heterocycles. The minimum Gasteiger partial charge on any atom is -0.486 e. The van der Waals surface area contributed by atoms with Crippen molar-refractivity contribution in [2.45, 2.75) is 32.2 Å². The van der Waals surface area contributed by atoms with Crippen molar-refractivity contribution in [3.05, 3.63) is 23.8 Å². The van der Waals surface area contributed by atoms with Gasteiger partial charge in [0.2, 0.25) is 0 Å². The molecule has 2 aliphatic rings. The second-order valence-electron chi connectivity index (χ2n) is 5.93. The van der Waals surface area contributed by atoms with Crippen molar-refractivity contribution in [1.29, 1.82) is 0 Å². The van der Waals surface area contributed by atoms with Gasteiger partial charge in [-0.3, -0.25) is 0 Å². The summed E-state index contributed by atoms with van der Waals surface area (Å²) in [5, 5.41) is 3.58. The number of fused-ring (bicyclic) bond motifs is 1. The number of likely N-dealkylation sites (N-methyl/N-ethyl adjacent to an activating group) is 1. The number of rotatable bonds is 5. The summed E-state index contributed by atoms with van der Waals surface area (Å²) in [6.45, 7) is 8.11. The highest BCUT2D eigenvalue weighted by molar-refractivity contribution is 5.43. The molecule has 1 atom stereocenters. The quantitative estimate of drug-likeness (QED) is 0.900. The highest BCUT2D eigenvalue weighted by Gasteiger charge is 2.19. The molecule has 1 saturated heterocycles. The first-order valence-electron chi connectivity index (χ1n) is 8.19. The van der Waals surface area contributed by atoms with Crippen molar-refractivity contribution in [2.75, 3.05) is 39.4 Å². The van der Waals surface area contributed by atoms with E-state index >= 15 is 0 Å². The Morgan fingerprint density at radius 2 is 2.10 bits per heavy atom. The summed E-state index contributed by atoms with van der Waals surface area (Å²) in [7, 11) is 0. The highest BCUT2D eigenvalue weighted by Crippen LogP contribution is 2.30. The molecule has 1 fully saturated rings. The molecule has 1 aromatic rings. The van der Waals surface area contributed by atoms with Crippen LogP contribution in [-0.4, -0.2) is 50.3 Å². The van der Waals surface area contributed by atoms with Crippen molar-refractivity contribution in [1.82, 2.24) is 10.2 Å². The zero-order valence-electron chi connectivity index (χ0n) is 12.9. The Labute approximate surface area is 127 Å². The Balaban J connectivity index is 1.52. The maximum absolute atomic E-state index is 5.66. The molecule has 0 amide bonds. The molecular formula is C17H26N2O2. The second kappa shape index (κ2) is 7.14. The zero-order valence-corrected chi connectivity index (χ0v) is 12.9.